The molecule has 0 spiro atoms. The van der Waals surface area contributed by atoms with Crippen molar-refractivity contribution in [2.24, 2.45) is 0 Å². The van der Waals surface area contributed by atoms with Crippen LogP contribution in [0.3, 0.4) is 0 Å². The Morgan fingerprint density at radius 3 is 2.38 bits per heavy atom. The van der Waals surface area contributed by atoms with Crippen LogP contribution in [0.25, 0.3) is 0 Å². The number of nitrogens with one attached hydrogen (secondary N) is 1. The highest BCUT2D eigenvalue weighted by Gasteiger charge is 2.28. The van der Waals surface area contributed by atoms with Gasteiger partial charge in [0.25, 0.3) is 0 Å². The normalized spacial score (nSPS) is 13.0. The SMILES string of the molecule is O=C(O)CCC[C@@H](NS(=O)(=O)c1cc(Cl)sc1Cl)C(=O)O. The molecule has 0 unspecified atom stereocenters. The van der Waals surface area contributed by atoms with Crippen molar-refractivity contribution < 1.29 is 28.2 Å². The van der Waals surface area contributed by atoms with Gasteiger partial charge in [0.2, 0.25) is 10.0 Å². The van der Waals surface area contributed by atoms with E-state index in [0.29, 0.717) is 0 Å². The number of carbonyl (C=O) groups is 2. The number of thiophene rings is 1. The predicted octanol–water partition coefficient (Wildman–Crippen LogP) is 2.04. The Morgan fingerprint density at radius 1 is 1.33 bits per heavy atom. The summed E-state index contributed by atoms with van der Waals surface area (Å²) in [5.74, 6) is -2.49. The van der Waals surface area contributed by atoms with E-state index in [1.165, 1.54) is 0 Å². The van der Waals surface area contributed by atoms with Gasteiger partial charge in [-0.2, -0.15) is 4.72 Å². The van der Waals surface area contributed by atoms with Crippen LogP contribution in [0.15, 0.2) is 11.0 Å². The first-order valence-electron chi connectivity index (χ1n) is 5.55. The molecule has 0 saturated carbocycles. The van der Waals surface area contributed by atoms with Gasteiger partial charge in [0, 0.05) is 6.42 Å². The van der Waals surface area contributed by atoms with Crippen LogP contribution in [0.5, 0.6) is 0 Å². The Balaban J connectivity index is 2.85. The zero-order valence-electron chi connectivity index (χ0n) is 10.4. The fourth-order valence-electron chi connectivity index (χ4n) is 1.45. The molecule has 0 aliphatic rings. The van der Waals surface area contributed by atoms with E-state index < -0.39 is 28.0 Å². The van der Waals surface area contributed by atoms with Crippen LogP contribution in [-0.2, 0) is 19.6 Å². The van der Waals surface area contributed by atoms with Crippen LogP contribution in [0.4, 0.5) is 0 Å². The maximum absolute atomic E-state index is 12.1. The first kappa shape index (κ1) is 18.2. The Bertz CT molecular complexity index is 642. The van der Waals surface area contributed by atoms with Gasteiger partial charge in [-0.15, -0.1) is 11.3 Å². The molecule has 1 heterocycles. The first-order chi connectivity index (χ1) is 9.63. The molecule has 0 aliphatic carbocycles. The highest BCUT2D eigenvalue weighted by Crippen LogP contribution is 2.34. The maximum atomic E-state index is 12.1. The number of sulfonamides is 1. The number of hydrogen-bond acceptors (Lipinski definition) is 5. The van der Waals surface area contributed by atoms with E-state index in [1.807, 2.05) is 4.72 Å². The standard InChI is InChI=1S/C10H11Cl2NO6S2/c11-7-4-6(9(12)20-7)21(18,19)13-5(10(16)17)2-1-3-8(14)15/h4-5,13H,1-3H2,(H,14,15)(H,16,17)/t5-/m1/s1. The van der Waals surface area contributed by atoms with E-state index in [1.54, 1.807) is 0 Å². The lowest BCUT2D eigenvalue weighted by molar-refractivity contribution is -0.140. The number of rotatable bonds is 8. The highest BCUT2D eigenvalue weighted by molar-refractivity contribution is 7.89. The number of halogens is 2. The molecule has 0 amide bonds. The largest absolute Gasteiger partial charge is 0.481 e. The number of aliphatic carboxylic acids is 2. The molecule has 1 aromatic rings. The van der Waals surface area contributed by atoms with Crippen LogP contribution in [0.2, 0.25) is 8.67 Å². The summed E-state index contributed by atoms with van der Waals surface area (Å²) in [5, 5.41) is 17.5. The minimum Gasteiger partial charge on any atom is -0.481 e. The first-order valence-corrected chi connectivity index (χ1v) is 8.61. The van der Waals surface area contributed by atoms with Gasteiger partial charge in [-0.25, -0.2) is 8.42 Å². The third-order valence-corrected chi connectivity index (χ3v) is 5.62. The van der Waals surface area contributed by atoms with Crippen molar-refractivity contribution in [3.63, 3.8) is 0 Å². The van der Waals surface area contributed by atoms with Gasteiger partial charge in [0.15, 0.2) is 0 Å². The zero-order chi connectivity index (χ0) is 16.2. The van der Waals surface area contributed by atoms with Crippen LogP contribution in [-0.4, -0.2) is 36.6 Å². The molecule has 0 fully saturated rings. The number of hydrogen-bond donors (Lipinski definition) is 3. The summed E-state index contributed by atoms with van der Waals surface area (Å²) >= 11 is 12.2. The van der Waals surface area contributed by atoms with Crippen molar-refractivity contribution in [3.05, 3.63) is 14.7 Å². The molecule has 0 aliphatic heterocycles. The van der Waals surface area contributed by atoms with Gasteiger partial charge in [-0.05, 0) is 18.9 Å². The maximum Gasteiger partial charge on any atom is 0.321 e. The smallest absolute Gasteiger partial charge is 0.321 e. The monoisotopic (exact) mass is 375 g/mol. The van der Waals surface area contributed by atoms with Crippen molar-refractivity contribution >= 4 is 56.5 Å². The van der Waals surface area contributed by atoms with Crippen LogP contribution < -0.4 is 4.72 Å². The summed E-state index contributed by atoms with van der Waals surface area (Å²) in [6, 6.07) is -0.323. The van der Waals surface area contributed by atoms with Crippen LogP contribution in [0, 0.1) is 0 Å². The second kappa shape index (κ2) is 7.41. The van der Waals surface area contributed by atoms with Crippen molar-refractivity contribution in [1.29, 1.82) is 0 Å². The molecule has 0 saturated heterocycles. The molecule has 0 aromatic carbocycles. The van der Waals surface area contributed by atoms with Gasteiger partial charge < -0.3 is 10.2 Å². The lowest BCUT2D eigenvalue weighted by atomic mass is 10.1. The molecule has 0 radical (unpaired) electrons. The lowest BCUT2D eigenvalue weighted by Crippen LogP contribution is -2.40. The van der Waals surface area contributed by atoms with E-state index in [9.17, 15) is 18.0 Å². The summed E-state index contributed by atoms with van der Waals surface area (Å²) in [4.78, 5) is 21.1. The summed E-state index contributed by atoms with van der Waals surface area (Å²) in [6.45, 7) is 0. The zero-order valence-corrected chi connectivity index (χ0v) is 13.5. The van der Waals surface area contributed by atoms with Crippen LogP contribution >= 0.6 is 34.5 Å². The van der Waals surface area contributed by atoms with Crippen LogP contribution in [0.1, 0.15) is 19.3 Å². The van der Waals surface area contributed by atoms with Gasteiger partial charge in [0.05, 0.1) is 4.34 Å². The van der Waals surface area contributed by atoms with Gasteiger partial charge in [0.1, 0.15) is 15.3 Å². The second-order valence-electron chi connectivity index (χ2n) is 3.99. The van der Waals surface area contributed by atoms with Crippen molar-refractivity contribution in [2.45, 2.75) is 30.2 Å². The van der Waals surface area contributed by atoms with Gasteiger partial charge >= 0.3 is 11.9 Å². The molecule has 3 N–H and O–H groups in total. The van der Waals surface area contributed by atoms with Gasteiger partial charge in [-0.3, -0.25) is 9.59 Å². The van der Waals surface area contributed by atoms with E-state index in [0.717, 1.165) is 17.4 Å². The third-order valence-electron chi connectivity index (χ3n) is 2.39. The van der Waals surface area contributed by atoms with E-state index in [2.05, 4.69) is 0 Å². The molecule has 0 bridgehead atoms. The average molecular weight is 376 g/mol. The van der Waals surface area contributed by atoms with Crippen molar-refractivity contribution in [3.8, 4) is 0 Å². The summed E-state index contributed by atoms with van der Waals surface area (Å²) in [6.07, 6.45) is -0.389. The minimum atomic E-state index is -4.15. The molecule has 1 atom stereocenters. The number of carboxylic acids is 2. The lowest BCUT2D eigenvalue weighted by Gasteiger charge is -2.13. The van der Waals surface area contributed by atoms with E-state index in [-0.39, 0.29) is 32.8 Å². The topological polar surface area (TPSA) is 121 Å². The molecule has 11 heteroatoms. The summed E-state index contributed by atoms with van der Waals surface area (Å²) in [7, 11) is -4.15. The van der Waals surface area contributed by atoms with Crippen molar-refractivity contribution in [1.82, 2.24) is 4.72 Å². The molecular formula is C10H11Cl2NO6S2. The molecule has 7 nitrogen and oxygen atoms in total. The molecule has 1 rings (SSSR count). The Labute approximate surface area is 134 Å². The van der Waals surface area contributed by atoms with E-state index in [4.69, 9.17) is 33.4 Å². The second-order valence-corrected chi connectivity index (χ2v) is 7.95. The Kier molecular flexibility index (Phi) is 6.41. The fourth-order valence-corrected chi connectivity index (χ4v) is 4.82. The average Bonchev–Trinajstić information content (AvgIpc) is 2.67. The Hall–Kier alpha value is -0.870. The Morgan fingerprint density at radius 2 is 1.95 bits per heavy atom. The number of carboxylic acid groups (broad SMARTS) is 2. The predicted molar refractivity (Wildman–Crippen MR) is 77.6 cm³/mol. The summed E-state index contributed by atoms with van der Waals surface area (Å²) < 4.78 is 26.2. The molecule has 1 aromatic heterocycles. The summed E-state index contributed by atoms with van der Waals surface area (Å²) in [5.41, 5.74) is 0. The van der Waals surface area contributed by atoms with Crippen molar-refractivity contribution in [2.75, 3.05) is 0 Å². The van der Waals surface area contributed by atoms with E-state index >= 15 is 0 Å². The molecule has 118 valence electrons. The van der Waals surface area contributed by atoms with Gasteiger partial charge in [-0.1, -0.05) is 23.2 Å². The minimum absolute atomic E-state index is 0.0208. The fraction of sp³-hybridized carbons (Fsp3) is 0.400. The highest BCUT2D eigenvalue weighted by atomic mass is 35.5. The third kappa shape index (κ3) is 5.44. The molecular weight excluding hydrogens is 365 g/mol. The quantitative estimate of drug-likeness (QED) is 0.639. The molecule has 21 heavy (non-hydrogen) atoms.